The van der Waals surface area contributed by atoms with Gasteiger partial charge in [0.15, 0.2) is 0 Å². The molecule has 3 N–H and O–H groups in total. The molecule has 17 heavy (non-hydrogen) atoms. The molecule has 5 heteroatoms. The number of aromatic nitrogens is 1. The predicted molar refractivity (Wildman–Crippen MR) is 69.5 cm³/mol. The third kappa shape index (κ3) is 3.00. The molecule has 0 aromatic carbocycles. The summed E-state index contributed by atoms with van der Waals surface area (Å²) in [5, 5.41) is 3.32. The first kappa shape index (κ1) is 12.0. The number of hydrogen-bond acceptors (Lipinski definition) is 5. The summed E-state index contributed by atoms with van der Waals surface area (Å²) < 4.78 is 5.54. The molecular weight excluding hydrogens is 216 g/mol. The molecule has 2 rings (SSSR count). The minimum Gasteiger partial charge on any atom is -0.476 e. The average Bonchev–Trinajstić information content (AvgIpc) is 2.39. The Morgan fingerprint density at radius 1 is 1.41 bits per heavy atom. The average molecular weight is 236 g/mol. The second-order valence-corrected chi connectivity index (χ2v) is 4.15. The van der Waals surface area contributed by atoms with Gasteiger partial charge in [-0.15, -0.1) is 0 Å². The Balaban J connectivity index is 2.11. The normalized spacial score (nSPS) is 15.9. The molecule has 1 aromatic rings. The Bertz CT molecular complexity index is 364. The molecule has 1 saturated heterocycles. The number of nitrogens with zero attached hydrogens (tertiary/aromatic N) is 2. The Kier molecular flexibility index (Phi) is 4.03. The van der Waals surface area contributed by atoms with Gasteiger partial charge in [-0.25, -0.2) is 0 Å². The van der Waals surface area contributed by atoms with E-state index < -0.39 is 0 Å². The fourth-order valence-electron chi connectivity index (χ4n) is 1.83. The molecule has 0 radical (unpaired) electrons. The van der Waals surface area contributed by atoms with Crippen LogP contribution in [0.25, 0.3) is 0 Å². The third-order valence-electron chi connectivity index (χ3n) is 2.76. The van der Waals surface area contributed by atoms with Crippen molar-refractivity contribution in [2.45, 2.75) is 13.3 Å². The van der Waals surface area contributed by atoms with Crippen LogP contribution in [0.2, 0.25) is 0 Å². The van der Waals surface area contributed by atoms with Crippen molar-refractivity contribution < 1.29 is 4.74 Å². The van der Waals surface area contributed by atoms with Crippen LogP contribution in [-0.4, -0.2) is 37.8 Å². The summed E-state index contributed by atoms with van der Waals surface area (Å²) in [6, 6.07) is 3.83. The smallest absolute Gasteiger partial charge is 0.239 e. The first-order valence-electron chi connectivity index (χ1n) is 6.16. The van der Waals surface area contributed by atoms with E-state index in [0.717, 1.165) is 38.4 Å². The highest BCUT2D eigenvalue weighted by Crippen LogP contribution is 2.23. The molecule has 5 nitrogen and oxygen atoms in total. The monoisotopic (exact) mass is 236 g/mol. The summed E-state index contributed by atoms with van der Waals surface area (Å²) in [6.07, 6.45) is 0.957. The van der Waals surface area contributed by atoms with Crippen LogP contribution in [-0.2, 0) is 0 Å². The highest BCUT2D eigenvalue weighted by atomic mass is 16.5. The van der Waals surface area contributed by atoms with E-state index in [9.17, 15) is 0 Å². The Morgan fingerprint density at radius 3 is 2.88 bits per heavy atom. The van der Waals surface area contributed by atoms with Crippen LogP contribution in [0.1, 0.15) is 13.3 Å². The van der Waals surface area contributed by atoms with E-state index >= 15 is 0 Å². The summed E-state index contributed by atoms with van der Waals surface area (Å²) in [5.74, 6) is 1.51. The number of nitrogens with one attached hydrogen (secondary N) is 1. The summed E-state index contributed by atoms with van der Waals surface area (Å²) >= 11 is 0. The van der Waals surface area contributed by atoms with Crippen molar-refractivity contribution in [3.8, 4) is 5.88 Å². The zero-order valence-electron chi connectivity index (χ0n) is 10.3. The van der Waals surface area contributed by atoms with E-state index in [4.69, 9.17) is 10.5 Å². The summed E-state index contributed by atoms with van der Waals surface area (Å²) in [7, 11) is 0. The number of pyridine rings is 1. The number of anilines is 2. The number of hydrogen-bond donors (Lipinski definition) is 2. The van der Waals surface area contributed by atoms with Gasteiger partial charge in [0.2, 0.25) is 5.88 Å². The van der Waals surface area contributed by atoms with Gasteiger partial charge >= 0.3 is 0 Å². The maximum atomic E-state index is 5.84. The molecule has 0 bridgehead atoms. The summed E-state index contributed by atoms with van der Waals surface area (Å²) in [6.45, 7) is 6.67. The zero-order valence-corrected chi connectivity index (χ0v) is 10.3. The molecule has 0 unspecified atom stereocenters. The largest absolute Gasteiger partial charge is 0.476 e. The number of piperazine rings is 1. The summed E-state index contributed by atoms with van der Waals surface area (Å²) in [4.78, 5) is 6.73. The van der Waals surface area contributed by atoms with Crippen molar-refractivity contribution in [1.29, 1.82) is 0 Å². The maximum Gasteiger partial charge on any atom is 0.239 e. The van der Waals surface area contributed by atoms with Crippen LogP contribution in [0, 0.1) is 0 Å². The second-order valence-electron chi connectivity index (χ2n) is 4.15. The highest BCUT2D eigenvalue weighted by molar-refractivity contribution is 5.54. The Labute approximate surface area is 102 Å². The van der Waals surface area contributed by atoms with E-state index in [1.807, 2.05) is 12.1 Å². The standard InChI is InChI=1S/C12H20N4O/c1-2-9-17-12-10(13)3-4-11(15-12)16-7-5-14-6-8-16/h3-4,14H,2,5-9,13H2,1H3. The van der Waals surface area contributed by atoms with Crippen molar-refractivity contribution >= 4 is 11.5 Å². The quantitative estimate of drug-likeness (QED) is 0.812. The lowest BCUT2D eigenvalue weighted by Crippen LogP contribution is -2.43. The van der Waals surface area contributed by atoms with Crippen LogP contribution in [0.3, 0.4) is 0 Å². The topological polar surface area (TPSA) is 63.4 Å². The number of ether oxygens (including phenoxy) is 1. The van der Waals surface area contributed by atoms with E-state index in [1.54, 1.807) is 0 Å². The van der Waals surface area contributed by atoms with Gasteiger partial charge in [0, 0.05) is 26.2 Å². The number of nitrogens with two attached hydrogens (primary N) is 1. The van der Waals surface area contributed by atoms with Crippen molar-refractivity contribution in [3.63, 3.8) is 0 Å². The minimum absolute atomic E-state index is 0.558. The minimum atomic E-state index is 0.558. The lowest BCUT2D eigenvalue weighted by Gasteiger charge is -2.28. The molecule has 0 amide bonds. The number of rotatable bonds is 4. The fraction of sp³-hybridized carbons (Fsp3) is 0.583. The lowest BCUT2D eigenvalue weighted by atomic mass is 10.3. The van der Waals surface area contributed by atoms with Crippen molar-refractivity contribution in [3.05, 3.63) is 12.1 Å². The van der Waals surface area contributed by atoms with Crippen LogP contribution < -0.4 is 20.7 Å². The molecule has 94 valence electrons. The van der Waals surface area contributed by atoms with Gasteiger partial charge in [0.05, 0.1) is 12.3 Å². The molecule has 0 atom stereocenters. The van der Waals surface area contributed by atoms with Crippen LogP contribution in [0.4, 0.5) is 11.5 Å². The first-order chi connectivity index (χ1) is 8.31. The van der Waals surface area contributed by atoms with Gasteiger partial charge in [-0.1, -0.05) is 6.92 Å². The Hall–Kier alpha value is -1.49. The molecule has 0 spiro atoms. The van der Waals surface area contributed by atoms with Gasteiger partial charge in [-0.05, 0) is 18.6 Å². The SMILES string of the molecule is CCCOc1nc(N2CCNCC2)ccc1N. The summed E-state index contributed by atoms with van der Waals surface area (Å²) in [5.41, 5.74) is 6.45. The fourth-order valence-corrected chi connectivity index (χ4v) is 1.83. The molecule has 0 saturated carbocycles. The van der Waals surface area contributed by atoms with Gasteiger partial charge in [-0.3, -0.25) is 0 Å². The molecule has 0 aliphatic carbocycles. The molecule has 1 aliphatic rings. The molecule has 1 aromatic heterocycles. The maximum absolute atomic E-state index is 5.84. The van der Waals surface area contributed by atoms with Gasteiger partial charge < -0.3 is 20.7 Å². The Morgan fingerprint density at radius 2 is 2.18 bits per heavy atom. The molecule has 1 fully saturated rings. The van der Waals surface area contributed by atoms with Gasteiger partial charge in [-0.2, -0.15) is 4.98 Å². The van der Waals surface area contributed by atoms with Crippen molar-refractivity contribution in [1.82, 2.24) is 10.3 Å². The highest BCUT2D eigenvalue weighted by Gasteiger charge is 2.13. The molecule has 2 heterocycles. The van der Waals surface area contributed by atoms with Crippen molar-refractivity contribution in [2.75, 3.05) is 43.4 Å². The van der Waals surface area contributed by atoms with E-state index in [-0.39, 0.29) is 0 Å². The van der Waals surface area contributed by atoms with E-state index in [1.165, 1.54) is 0 Å². The third-order valence-corrected chi connectivity index (χ3v) is 2.76. The van der Waals surface area contributed by atoms with E-state index in [2.05, 4.69) is 22.1 Å². The lowest BCUT2D eigenvalue weighted by molar-refractivity contribution is 0.307. The number of nitrogen functional groups attached to an aromatic ring is 1. The van der Waals surface area contributed by atoms with Crippen LogP contribution in [0.5, 0.6) is 5.88 Å². The van der Waals surface area contributed by atoms with E-state index in [0.29, 0.717) is 18.2 Å². The van der Waals surface area contributed by atoms with Gasteiger partial charge in [0.25, 0.3) is 0 Å². The van der Waals surface area contributed by atoms with Crippen LogP contribution >= 0.6 is 0 Å². The first-order valence-corrected chi connectivity index (χ1v) is 6.16. The van der Waals surface area contributed by atoms with Gasteiger partial charge in [0.1, 0.15) is 5.82 Å². The molecular formula is C12H20N4O. The van der Waals surface area contributed by atoms with Crippen molar-refractivity contribution in [2.24, 2.45) is 0 Å². The predicted octanol–water partition coefficient (Wildman–Crippen LogP) is 0.862. The molecule has 1 aliphatic heterocycles. The zero-order chi connectivity index (χ0) is 12.1. The van der Waals surface area contributed by atoms with Crippen LogP contribution in [0.15, 0.2) is 12.1 Å². The second kappa shape index (κ2) is 5.72.